The maximum absolute atomic E-state index is 10.6. The molecule has 3 heteroatoms. The van der Waals surface area contributed by atoms with E-state index in [2.05, 4.69) is 6.92 Å². The molecule has 1 aliphatic rings. The number of esters is 1. The summed E-state index contributed by atoms with van der Waals surface area (Å²) < 4.78 is 10.6. The summed E-state index contributed by atoms with van der Waals surface area (Å²) in [7, 11) is 0. The van der Waals surface area contributed by atoms with Crippen LogP contribution < -0.4 is 0 Å². The maximum atomic E-state index is 10.6. The zero-order valence-corrected chi connectivity index (χ0v) is 12.7. The molecule has 1 rings (SSSR count). The van der Waals surface area contributed by atoms with Gasteiger partial charge in [0.05, 0.1) is 18.8 Å². The van der Waals surface area contributed by atoms with Gasteiger partial charge in [0.15, 0.2) is 0 Å². The van der Waals surface area contributed by atoms with Crippen LogP contribution in [0.2, 0.25) is 0 Å². The molecule has 3 nitrogen and oxygen atoms in total. The molecule has 1 heterocycles. The van der Waals surface area contributed by atoms with Crippen LogP contribution in [-0.2, 0) is 14.3 Å². The van der Waals surface area contributed by atoms with E-state index in [9.17, 15) is 4.79 Å². The fraction of sp³-hybridized carbons (Fsp3) is 0.938. The Morgan fingerprint density at radius 3 is 2.16 bits per heavy atom. The van der Waals surface area contributed by atoms with Crippen LogP contribution in [0.3, 0.4) is 0 Å². The molecule has 0 saturated carbocycles. The molecule has 19 heavy (non-hydrogen) atoms. The standard InChI is InChI=1S/C16H30O3/c1-3-4-5-6-7-8-11-15-16(19-15)12-9-10-13-18-14(2)17/h15-16H,3-13H2,1-2H3. The number of hydrogen-bond donors (Lipinski definition) is 0. The van der Waals surface area contributed by atoms with Crippen LogP contribution in [0.25, 0.3) is 0 Å². The molecule has 0 N–H and O–H groups in total. The molecule has 0 aromatic rings. The highest BCUT2D eigenvalue weighted by Crippen LogP contribution is 2.31. The average molecular weight is 270 g/mol. The number of carbonyl (C=O) groups excluding carboxylic acids is 1. The van der Waals surface area contributed by atoms with Gasteiger partial charge < -0.3 is 9.47 Å². The maximum Gasteiger partial charge on any atom is 0.302 e. The van der Waals surface area contributed by atoms with Crippen LogP contribution in [-0.4, -0.2) is 24.8 Å². The Morgan fingerprint density at radius 1 is 0.947 bits per heavy atom. The summed E-state index contributed by atoms with van der Waals surface area (Å²) in [5.41, 5.74) is 0. The van der Waals surface area contributed by atoms with Crippen LogP contribution in [0.15, 0.2) is 0 Å². The summed E-state index contributed by atoms with van der Waals surface area (Å²) in [6.45, 7) is 4.27. The van der Waals surface area contributed by atoms with E-state index < -0.39 is 0 Å². The Bertz CT molecular complexity index is 240. The monoisotopic (exact) mass is 270 g/mol. The van der Waals surface area contributed by atoms with Crippen molar-refractivity contribution in [3.05, 3.63) is 0 Å². The lowest BCUT2D eigenvalue weighted by Gasteiger charge is -2.00. The van der Waals surface area contributed by atoms with Crippen molar-refractivity contribution in [2.24, 2.45) is 0 Å². The van der Waals surface area contributed by atoms with Crippen molar-refractivity contribution in [1.82, 2.24) is 0 Å². The van der Waals surface area contributed by atoms with E-state index in [1.807, 2.05) is 0 Å². The van der Waals surface area contributed by atoms with Gasteiger partial charge in [0, 0.05) is 6.92 Å². The molecular formula is C16H30O3. The third kappa shape index (κ3) is 9.04. The topological polar surface area (TPSA) is 38.8 Å². The highest BCUT2D eigenvalue weighted by molar-refractivity contribution is 5.65. The first-order valence-electron chi connectivity index (χ1n) is 8.03. The largest absolute Gasteiger partial charge is 0.466 e. The number of hydrogen-bond acceptors (Lipinski definition) is 3. The Morgan fingerprint density at radius 2 is 1.53 bits per heavy atom. The number of epoxide rings is 1. The molecule has 0 aromatic heterocycles. The molecular weight excluding hydrogens is 240 g/mol. The Hall–Kier alpha value is -0.570. The minimum atomic E-state index is -0.177. The van der Waals surface area contributed by atoms with Crippen LogP contribution in [0.4, 0.5) is 0 Å². The molecule has 1 saturated heterocycles. The van der Waals surface area contributed by atoms with Gasteiger partial charge in [0.1, 0.15) is 0 Å². The fourth-order valence-electron chi connectivity index (χ4n) is 2.48. The van der Waals surface area contributed by atoms with Crippen LogP contribution in [0, 0.1) is 0 Å². The number of carbonyl (C=O) groups is 1. The lowest BCUT2D eigenvalue weighted by Crippen LogP contribution is -2.01. The van der Waals surface area contributed by atoms with E-state index >= 15 is 0 Å². The molecule has 0 amide bonds. The summed E-state index contributed by atoms with van der Waals surface area (Å²) >= 11 is 0. The van der Waals surface area contributed by atoms with Gasteiger partial charge >= 0.3 is 5.97 Å². The van der Waals surface area contributed by atoms with E-state index in [1.165, 1.54) is 51.9 Å². The molecule has 0 aliphatic carbocycles. The van der Waals surface area contributed by atoms with E-state index in [0.717, 1.165) is 19.3 Å². The molecule has 2 atom stereocenters. The molecule has 0 spiro atoms. The first-order valence-corrected chi connectivity index (χ1v) is 8.03. The highest BCUT2D eigenvalue weighted by Gasteiger charge is 2.36. The second-order valence-corrected chi connectivity index (χ2v) is 5.61. The third-order valence-electron chi connectivity index (χ3n) is 3.72. The van der Waals surface area contributed by atoms with E-state index in [0.29, 0.717) is 18.8 Å². The van der Waals surface area contributed by atoms with Gasteiger partial charge in [-0.2, -0.15) is 0 Å². The second-order valence-electron chi connectivity index (χ2n) is 5.61. The smallest absolute Gasteiger partial charge is 0.302 e. The molecule has 0 radical (unpaired) electrons. The lowest BCUT2D eigenvalue weighted by atomic mass is 10.1. The predicted octanol–water partition coefficient (Wildman–Crippen LogP) is 4.24. The number of unbranched alkanes of at least 4 members (excludes halogenated alkanes) is 6. The van der Waals surface area contributed by atoms with Crippen molar-refractivity contribution in [2.45, 2.75) is 90.3 Å². The van der Waals surface area contributed by atoms with E-state index in [-0.39, 0.29) is 5.97 Å². The van der Waals surface area contributed by atoms with Gasteiger partial charge in [0.2, 0.25) is 0 Å². The molecule has 1 fully saturated rings. The fourth-order valence-corrected chi connectivity index (χ4v) is 2.48. The predicted molar refractivity (Wildman–Crippen MR) is 77.1 cm³/mol. The quantitative estimate of drug-likeness (QED) is 0.302. The van der Waals surface area contributed by atoms with Crippen molar-refractivity contribution < 1.29 is 14.3 Å². The van der Waals surface area contributed by atoms with Gasteiger partial charge in [-0.15, -0.1) is 0 Å². The zero-order chi connectivity index (χ0) is 13.9. The molecule has 2 unspecified atom stereocenters. The van der Waals surface area contributed by atoms with Gasteiger partial charge in [-0.3, -0.25) is 4.79 Å². The summed E-state index contributed by atoms with van der Waals surface area (Å²) in [6, 6.07) is 0. The van der Waals surface area contributed by atoms with Crippen molar-refractivity contribution in [3.63, 3.8) is 0 Å². The van der Waals surface area contributed by atoms with Crippen LogP contribution in [0.1, 0.15) is 78.1 Å². The second kappa shape index (κ2) is 10.2. The summed E-state index contributed by atoms with van der Waals surface area (Å²) in [6.07, 6.45) is 13.6. The highest BCUT2D eigenvalue weighted by atomic mass is 16.6. The van der Waals surface area contributed by atoms with Gasteiger partial charge in [-0.25, -0.2) is 0 Å². The first kappa shape index (κ1) is 16.5. The van der Waals surface area contributed by atoms with Crippen molar-refractivity contribution in [1.29, 1.82) is 0 Å². The van der Waals surface area contributed by atoms with Crippen molar-refractivity contribution in [3.8, 4) is 0 Å². The van der Waals surface area contributed by atoms with Crippen molar-refractivity contribution in [2.75, 3.05) is 6.61 Å². The molecule has 0 bridgehead atoms. The minimum Gasteiger partial charge on any atom is -0.466 e. The van der Waals surface area contributed by atoms with Crippen LogP contribution >= 0.6 is 0 Å². The average Bonchev–Trinajstić information content (AvgIpc) is 3.11. The molecule has 112 valence electrons. The molecule has 0 aromatic carbocycles. The Kier molecular flexibility index (Phi) is 8.89. The SMILES string of the molecule is CCCCCCCCC1OC1CCCCOC(C)=O. The number of ether oxygens (including phenoxy) is 2. The Balaban J connectivity index is 1.80. The van der Waals surface area contributed by atoms with E-state index in [4.69, 9.17) is 9.47 Å². The van der Waals surface area contributed by atoms with Crippen molar-refractivity contribution >= 4 is 5.97 Å². The normalized spacial score (nSPS) is 21.4. The van der Waals surface area contributed by atoms with Gasteiger partial charge in [-0.1, -0.05) is 45.4 Å². The lowest BCUT2D eigenvalue weighted by molar-refractivity contribution is -0.141. The zero-order valence-electron chi connectivity index (χ0n) is 12.7. The molecule has 1 aliphatic heterocycles. The first-order chi connectivity index (χ1) is 9.24. The number of rotatable bonds is 12. The Labute approximate surface area is 118 Å². The van der Waals surface area contributed by atoms with Gasteiger partial charge in [0.25, 0.3) is 0 Å². The summed E-state index contributed by atoms with van der Waals surface area (Å²) in [4.78, 5) is 10.6. The van der Waals surface area contributed by atoms with E-state index in [1.54, 1.807) is 0 Å². The third-order valence-corrected chi connectivity index (χ3v) is 3.72. The minimum absolute atomic E-state index is 0.177. The van der Waals surface area contributed by atoms with Gasteiger partial charge in [-0.05, 0) is 25.7 Å². The summed E-state index contributed by atoms with van der Waals surface area (Å²) in [5, 5.41) is 0. The van der Waals surface area contributed by atoms with Crippen LogP contribution in [0.5, 0.6) is 0 Å². The summed E-state index contributed by atoms with van der Waals surface area (Å²) in [5.74, 6) is -0.177.